The number of allylic oxidation sites excluding steroid dienone is 2. The molecule has 0 aliphatic rings. The lowest BCUT2D eigenvalue weighted by molar-refractivity contribution is -0.161. The summed E-state index contributed by atoms with van der Waals surface area (Å²) in [5.74, 6) is -0.823. The van der Waals surface area contributed by atoms with E-state index in [1.165, 1.54) is 135 Å². The highest BCUT2D eigenvalue weighted by Gasteiger charge is 2.26. The van der Waals surface area contributed by atoms with Gasteiger partial charge in [0.05, 0.1) is 13.2 Å². The highest BCUT2D eigenvalue weighted by atomic mass is 31.2. The van der Waals surface area contributed by atoms with Crippen molar-refractivity contribution in [3.63, 3.8) is 0 Å². The number of unbranched alkanes of at least 4 members (excludes halogenated alkanes) is 26. The average Bonchev–Trinajstić information content (AvgIpc) is 3.13. The first kappa shape index (κ1) is 50.8. The van der Waals surface area contributed by atoms with E-state index in [0.717, 1.165) is 44.9 Å². The molecule has 9 nitrogen and oxygen atoms in total. The highest BCUT2D eigenvalue weighted by Crippen LogP contribution is 2.43. The highest BCUT2D eigenvalue weighted by molar-refractivity contribution is 7.47. The molecule has 0 amide bonds. The summed E-state index contributed by atoms with van der Waals surface area (Å²) in [6.45, 7) is 3.75. The molecule has 0 aromatic heterocycles. The van der Waals surface area contributed by atoms with Crippen LogP contribution in [0.5, 0.6) is 0 Å². The van der Waals surface area contributed by atoms with Crippen molar-refractivity contribution in [2.24, 2.45) is 5.73 Å². The van der Waals surface area contributed by atoms with Crippen molar-refractivity contribution in [3.05, 3.63) is 12.2 Å². The fourth-order valence-electron chi connectivity index (χ4n) is 6.16. The smallest absolute Gasteiger partial charge is 0.462 e. The normalized spacial score (nSPS) is 13.4. The van der Waals surface area contributed by atoms with E-state index in [9.17, 15) is 19.0 Å². The summed E-state index contributed by atoms with van der Waals surface area (Å²) >= 11 is 0. The van der Waals surface area contributed by atoms with Crippen LogP contribution in [0.15, 0.2) is 12.2 Å². The van der Waals surface area contributed by atoms with Crippen molar-refractivity contribution in [2.75, 3.05) is 26.4 Å². The molecule has 308 valence electrons. The molecule has 10 heteroatoms. The third-order valence-corrected chi connectivity index (χ3v) is 10.4. The van der Waals surface area contributed by atoms with E-state index in [-0.39, 0.29) is 38.6 Å². The van der Waals surface area contributed by atoms with Gasteiger partial charge >= 0.3 is 19.8 Å². The van der Waals surface area contributed by atoms with Gasteiger partial charge in [0.15, 0.2) is 6.10 Å². The number of nitrogens with two attached hydrogens (primary N) is 1. The summed E-state index contributed by atoms with van der Waals surface area (Å²) < 4.78 is 32.8. The zero-order valence-electron chi connectivity index (χ0n) is 33.8. The van der Waals surface area contributed by atoms with Crippen LogP contribution in [0.25, 0.3) is 0 Å². The van der Waals surface area contributed by atoms with Crippen LogP contribution in [0.3, 0.4) is 0 Å². The van der Waals surface area contributed by atoms with E-state index in [0.29, 0.717) is 6.42 Å². The van der Waals surface area contributed by atoms with Gasteiger partial charge in [-0.1, -0.05) is 174 Å². The van der Waals surface area contributed by atoms with Crippen molar-refractivity contribution >= 4 is 19.8 Å². The Hall–Kier alpha value is -1.25. The Labute approximate surface area is 319 Å². The molecular weight excluding hydrogens is 677 g/mol. The number of hydrogen-bond acceptors (Lipinski definition) is 8. The Balaban J connectivity index is 4.13. The molecule has 0 bridgehead atoms. The van der Waals surface area contributed by atoms with Crippen molar-refractivity contribution < 1.29 is 37.6 Å². The summed E-state index contributed by atoms with van der Waals surface area (Å²) in [5, 5.41) is 0. The molecule has 52 heavy (non-hydrogen) atoms. The van der Waals surface area contributed by atoms with E-state index in [4.69, 9.17) is 24.3 Å². The molecule has 0 radical (unpaired) electrons. The van der Waals surface area contributed by atoms with Crippen LogP contribution in [0.1, 0.15) is 213 Å². The molecule has 0 heterocycles. The average molecular weight is 760 g/mol. The van der Waals surface area contributed by atoms with Crippen LogP contribution in [0, 0.1) is 0 Å². The van der Waals surface area contributed by atoms with Gasteiger partial charge in [-0.25, -0.2) is 4.57 Å². The molecule has 0 aromatic carbocycles. The van der Waals surface area contributed by atoms with Gasteiger partial charge < -0.3 is 20.1 Å². The van der Waals surface area contributed by atoms with E-state index in [1.807, 2.05) is 0 Å². The van der Waals surface area contributed by atoms with Crippen LogP contribution >= 0.6 is 7.82 Å². The molecule has 0 aliphatic carbocycles. The zero-order chi connectivity index (χ0) is 38.2. The van der Waals surface area contributed by atoms with Gasteiger partial charge in [-0.3, -0.25) is 18.6 Å². The monoisotopic (exact) mass is 760 g/mol. The third-order valence-electron chi connectivity index (χ3n) is 9.40. The Morgan fingerprint density at radius 2 is 0.942 bits per heavy atom. The standard InChI is InChI=1S/C42H82NO8P/c1-3-5-7-9-11-13-15-17-19-20-21-23-25-27-29-31-33-35-42(45)51-40(39-50-52(46,47)49-37-36-43)38-48-41(44)34-32-30-28-26-24-22-18-16-14-12-10-8-6-4-2/h17,19,40H,3-16,18,20-39,43H2,1-2H3,(H,46,47)/b19-17+/t40-/m1/s1. The number of phosphoric acid groups is 1. The summed E-state index contributed by atoms with van der Waals surface area (Å²) in [4.78, 5) is 34.8. The van der Waals surface area contributed by atoms with Crippen molar-refractivity contribution in [3.8, 4) is 0 Å². The Morgan fingerprint density at radius 3 is 1.37 bits per heavy atom. The molecular formula is C42H82NO8P. The van der Waals surface area contributed by atoms with Crippen LogP contribution < -0.4 is 5.73 Å². The largest absolute Gasteiger partial charge is 0.472 e. The minimum absolute atomic E-state index is 0.0554. The summed E-state index contributed by atoms with van der Waals surface area (Å²) in [5.41, 5.74) is 5.34. The molecule has 0 spiro atoms. The Kier molecular flexibility index (Phi) is 38.5. The molecule has 1 unspecified atom stereocenters. The molecule has 0 saturated heterocycles. The molecule has 2 atom stereocenters. The van der Waals surface area contributed by atoms with Crippen LogP contribution in [0.4, 0.5) is 0 Å². The SMILES string of the molecule is CCCCCCCC/C=C/CCCCCCCCCC(=O)O[C@H](COC(=O)CCCCCCCCCCCCCCCC)COP(=O)(O)OCCN. The van der Waals surface area contributed by atoms with E-state index >= 15 is 0 Å². The first-order chi connectivity index (χ1) is 25.3. The quantitative estimate of drug-likeness (QED) is 0.0270. The second-order valence-corrected chi connectivity index (χ2v) is 16.0. The lowest BCUT2D eigenvalue weighted by Gasteiger charge is -2.19. The first-order valence-corrected chi connectivity index (χ1v) is 23.2. The number of esters is 2. The maximum atomic E-state index is 12.6. The number of phosphoric ester groups is 1. The van der Waals surface area contributed by atoms with Crippen LogP contribution in [-0.2, 0) is 32.7 Å². The molecule has 0 fully saturated rings. The maximum absolute atomic E-state index is 12.6. The van der Waals surface area contributed by atoms with Crippen molar-refractivity contribution in [2.45, 2.75) is 219 Å². The molecule has 3 N–H and O–H groups in total. The zero-order valence-corrected chi connectivity index (χ0v) is 34.7. The number of rotatable bonds is 41. The number of ether oxygens (including phenoxy) is 2. The fourth-order valence-corrected chi connectivity index (χ4v) is 6.92. The molecule has 0 saturated carbocycles. The van der Waals surface area contributed by atoms with Gasteiger partial charge in [0, 0.05) is 19.4 Å². The van der Waals surface area contributed by atoms with E-state index in [2.05, 4.69) is 26.0 Å². The molecule has 0 aliphatic heterocycles. The van der Waals surface area contributed by atoms with Crippen molar-refractivity contribution in [1.29, 1.82) is 0 Å². The van der Waals surface area contributed by atoms with E-state index in [1.54, 1.807) is 0 Å². The maximum Gasteiger partial charge on any atom is 0.472 e. The van der Waals surface area contributed by atoms with Gasteiger partial charge in [0.25, 0.3) is 0 Å². The Bertz CT molecular complexity index is 871. The van der Waals surface area contributed by atoms with Gasteiger partial charge in [0.1, 0.15) is 6.61 Å². The van der Waals surface area contributed by atoms with Crippen LogP contribution in [-0.4, -0.2) is 49.3 Å². The predicted octanol–water partition coefficient (Wildman–Crippen LogP) is 12.2. The fraction of sp³-hybridized carbons (Fsp3) is 0.905. The first-order valence-electron chi connectivity index (χ1n) is 21.7. The molecule has 0 aromatic rings. The van der Waals surface area contributed by atoms with Gasteiger partial charge in [-0.15, -0.1) is 0 Å². The number of carbonyl (C=O) groups excluding carboxylic acids is 2. The third kappa shape index (κ3) is 38.5. The topological polar surface area (TPSA) is 134 Å². The lowest BCUT2D eigenvalue weighted by atomic mass is 10.0. The second kappa shape index (κ2) is 39.4. The van der Waals surface area contributed by atoms with Crippen LogP contribution in [0.2, 0.25) is 0 Å². The Morgan fingerprint density at radius 1 is 0.558 bits per heavy atom. The number of carbonyl (C=O) groups is 2. The summed E-state index contributed by atoms with van der Waals surface area (Å²) in [6, 6.07) is 0. The minimum atomic E-state index is -4.37. The predicted molar refractivity (Wildman–Crippen MR) is 215 cm³/mol. The van der Waals surface area contributed by atoms with Gasteiger partial charge in [0.2, 0.25) is 0 Å². The van der Waals surface area contributed by atoms with Gasteiger partial charge in [-0.05, 0) is 38.5 Å². The van der Waals surface area contributed by atoms with Gasteiger partial charge in [-0.2, -0.15) is 0 Å². The summed E-state index contributed by atoms with van der Waals surface area (Å²) in [7, 11) is -4.37. The second-order valence-electron chi connectivity index (χ2n) is 14.6. The number of hydrogen-bond donors (Lipinski definition) is 2. The lowest BCUT2D eigenvalue weighted by Crippen LogP contribution is -2.29. The minimum Gasteiger partial charge on any atom is -0.462 e. The summed E-state index contributed by atoms with van der Waals surface area (Å²) in [6.07, 6.45) is 39.5. The molecule has 0 rings (SSSR count). The van der Waals surface area contributed by atoms with Crippen molar-refractivity contribution in [1.82, 2.24) is 0 Å². The van der Waals surface area contributed by atoms with E-state index < -0.39 is 26.5 Å².